The van der Waals surface area contributed by atoms with Crippen LogP contribution in [-0.2, 0) is 14.3 Å². The lowest BCUT2D eigenvalue weighted by molar-refractivity contribution is -0.303. The molecule has 468 valence electrons. The topological polar surface area (TPSA) is 189 Å². The molecule has 0 aromatic carbocycles. The minimum absolute atomic E-state index is 0.239. The average Bonchev–Trinajstić information content (AvgIpc) is 3.47. The lowest BCUT2D eigenvalue weighted by Crippen LogP contribution is -2.60. The molecule has 11 heteroatoms. The van der Waals surface area contributed by atoms with Crippen molar-refractivity contribution in [2.45, 2.75) is 358 Å². The number of rotatable bonds is 58. The molecular weight excluding hydrogens is 1000 g/mol. The van der Waals surface area contributed by atoms with Gasteiger partial charge in [-0.3, -0.25) is 4.79 Å². The number of aliphatic hydroxyl groups is 7. The van der Waals surface area contributed by atoms with Crippen molar-refractivity contribution in [1.82, 2.24) is 5.32 Å². The minimum Gasteiger partial charge on any atom is -0.394 e. The van der Waals surface area contributed by atoms with E-state index in [1.54, 1.807) is 0 Å². The van der Waals surface area contributed by atoms with Gasteiger partial charge in [0, 0.05) is 0 Å². The van der Waals surface area contributed by atoms with Crippen LogP contribution in [-0.4, -0.2) is 110 Å². The van der Waals surface area contributed by atoms with Crippen LogP contribution in [0.3, 0.4) is 0 Å². The van der Waals surface area contributed by atoms with Gasteiger partial charge >= 0.3 is 0 Å². The predicted molar refractivity (Wildman–Crippen MR) is 334 cm³/mol. The number of allylic oxidation sites excluding steroid dienone is 10. The second-order valence-corrected chi connectivity index (χ2v) is 23.5. The quantitative estimate of drug-likeness (QED) is 0.0215. The van der Waals surface area contributed by atoms with Gasteiger partial charge < -0.3 is 50.5 Å². The molecular formula is C69H127NO10. The summed E-state index contributed by atoms with van der Waals surface area (Å²) in [5.41, 5.74) is 0. The van der Waals surface area contributed by atoms with Crippen molar-refractivity contribution < 1.29 is 50.0 Å². The minimum atomic E-state index is -1.68. The zero-order chi connectivity index (χ0) is 58.2. The number of nitrogens with one attached hydrogen (secondary N) is 1. The molecule has 9 unspecified atom stereocenters. The number of ether oxygens (including phenoxy) is 2. The molecule has 0 saturated carbocycles. The molecule has 0 spiro atoms. The predicted octanol–water partition coefficient (Wildman–Crippen LogP) is 15.7. The third-order valence-electron chi connectivity index (χ3n) is 16.0. The van der Waals surface area contributed by atoms with Crippen molar-refractivity contribution in [2.24, 2.45) is 0 Å². The Balaban J connectivity index is 2.27. The summed E-state index contributed by atoms with van der Waals surface area (Å²) in [6, 6.07) is -1.20. The molecule has 1 aliphatic rings. The van der Waals surface area contributed by atoms with Gasteiger partial charge in [0.25, 0.3) is 0 Å². The van der Waals surface area contributed by atoms with E-state index in [2.05, 4.69) is 79.9 Å². The summed E-state index contributed by atoms with van der Waals surface area (Å²) in [5, 5.41) is 76.4. The highest BCUT2D eigenvalue weighted by Crippen LogP contribution is 2.23. The Morgan fingerprint density at radius 1 is 0.438 bits per heavy atom. The lowest BCUT2D eigenvalue weighted by Gasteiger charge is -2.40. The summed E-state index contributed by atoms with van der Waals surface area (Å²) in [4.78, 5) is 13.2. The van der Waals surface area contributed by atoms with Crippen molar-refractivity contribution in [2.75, 3.05) is 13.2 Å². The zero-order valence-corrected chi connectivity index (χ0v) is 51.6. The van der Waals surface area contributed by atoms with E-state index in [1.165, 1.54) is 205 Å². The Labute approximate surface area is 491 Å². The molecule has 1 amide bonds. The van der Waals surface area contributed by atoms with Crippen molar-refractivity contribution in [3.8, 4) is 0 Å². The van der Waals surface area contributed by atoms with Gasteiger partial charge in [0.05, 0.1) is 25.4 Å². The Bertz CT molecular complexity index is 1480. The van der Waals surface area contributed by atoms with Crippen LogP contribution in [0.1, 0.15) is 303 Å². The van der Waals surface area contributed by atoms with Crippen molar-refractivity contribution in [3.63, 3.8) is 0 Å². The Kier molecular flexibility index (Phi) is 54.3. The van der Waals surface area contributed by atoms with Gasteiger partial charge in [-0.1, -0.05) is 267 Å². The van der Waals surface area contributed by atoms with Crippen LogP contribution in [0.4, 0.5) is 0 Å². The lowest BCUT2D eigenvalue weighted by atomic mass is 9.98. The monoisotopic (exact) mass is 1130 g/mol. The third kappa shape index (κ3) is 44.3. The number of carbonyl (C=O) groups is 1. The fraction of sp³-hybridized carbons (Fsp3) is 0.841. The van der Waals surface area contributed by atoms with E-state index in [9.17, 15) is 40.5 Å². The number of hydrogen-bond donors (Lipinski definition) is 8. The number of carbonyl (C=O) groups excluding carboxylic acids is 1. The van der Waals surface area contributed by atoms with Gasteiger partial charge in [0.1, 0.15) is 36.6 Å². The van der Waals surface area contributed by atoms with Gasteiger partial charge in [-0.25, -0.2) is 0 Å². The first kappa shape index (κ1) is 75.8. The molecule has 1 saturated heterocycles. The van der Waals surface area contributed by atoms with Gasteiger partial charge in [0.15, 0.2) is 6.29 Å². The summed E-state index contributed by atoms with van der Waals surface area (Å²) in [6.45, 7) is 3.47. The molecule has 1 heterocycles. The number of aliphatic hydroxyl groups excluding tert-OH is 7. The van der Waals surface area contributed by atoms with E-state index < -0.39 is 74.2 Å². The molecule has 1 fully saturated rings. The Morgan fingerprint density at radius 2 is 0.787 bits per heavy atom. The van der Waals surface area contributed by atoms with E-state index in [-0.39, 0.29) is 12.8 Å². The van der Waals surface area contributed by atoms with Crippen LogP contribution < -0.4 is 5.32 Å². The van der Waals surface area contributed by atoms with E-state index in [1.807, 2.05) is 0 Å². The molecule has 1 aliphatic heterocycles. The molecule has 0 aliphatic carbocycles. The first-order valence-electron chi connectivity index (χ1n) is 33.7. The summed E-state index contributed by atoms with van der Waals surface area (Å²) in [7, 11) is 0. The zero-order valence-electron chi connectivity index (χ0n) is 51.6. The van der Waals surface area contributed by atoms with Crippen LogP contribution in [0, 0.1) is 0 Å². The van der Waals surface area contributed by atoms with Crippen LogP contribution >= 0.6 is 0 Å². The second kappa shape index (κ2) is 57.3. The van der Waals surface area contributed by atoms with Gasteiger partial charge in [-0.05, 0) is 96.3 Å². The van der Waals surface area contributed by atoms with E-state index >= 15 is 0 Å². The van der Waals surface area contributed by atoms with Crippen LogP contribution in [0.2, 0.25) is 0 Å². The fourth-order valence-corrected chi connectivity index (χ4v) is 10.6. The third-order valence-corrected chi connectivity index (χ3v) is 16.0. The fourth-order valence-electron chi connectivity index (χ4n) is 10.6. The maximum Gasteiger partial charge on any atom is 0.249 e. The highest BCUT2D eigenvalue weighted by Gasteiger charge is 2.44. The molecule has 0 bridgehead atoms. The number of hydrogen-bond acceptors (Lipinski definition) is 10. The molecule has 80 heavy (non-hydrogen) atoms. The molecule has 0 aromatic heterocycles. The summed E-state index contributed by atoms with van der Waals surface area (Å²) < 4.78 is 11.2. The van der Waals surface area contributed by atoms with Crippen LogP contribution in [0.15, 0.2) is 60.8 Å². The number of unbranched alkanes of at least 4 members (excludes halogenated alkanes) is 36. The molecule has 9 atom stereocenters. The maximum atomic E-state index is 13.2. The van der Waals surface area contributed by atoms with Crippen LogP contribution in [0.5, 0.6) is 0 Å². The highest BCUT2D eigenvalue weighted by molar-refractivity contribution is 5.80. The van der Waals surface area contributed by atoms with E-state index in [0.29, 0.717) is 19.3 Å². The van der Waals surface area contributed by atoms with E-state index in [0.717, 1.165) is 51.4 Å². The van der Waals surface area contributed by atoms with Crippen molar-refractivity contribution in [3.05, 3.63) is 60.8 Å². The first-order valence-corrected chi connectivity index (χ1v) is 33.7. The smallest absolute Gasteiger partial charge is 0.249 e. The van der Waals surface area contributed by atoms with Crippen LogP contribution in [0.25, 0.3) is 0 Å². The first-order chi connectivity index (χ1) is 39.2. The number of amides is 1. The summed E-state index contributed by atoms with van der Waals surface area (Å²) in [6.07, 6.45) is 64.3. The second-order valence-electron chi connectivity index (χ2n) is 23.5. The molecule has 0 aromatic rings. The normalized spacial score (nSPS) is 19.6. The molecule has 1 rings (SSSR count). The summed E-state index contributed by atoms with van der Waals surface area (Å²) in [5.74, 6) is -0.712. The average molecular weight is 1130 g/mol. The standard InChI is InChI=1S/C69H127NO10/c1-3-5-7-9-11-13-15-17-19-21-23-25-27-29-30-31-33-35-37-39-41-43-45-47-49-51-53-55-57-62(73)68(78)70-60(59-79-69-67(77)66(76)65(75)63(58-71)80-69)64(74)61(72)56-54-52-50-48-46-44-42-40-38-36-34-32-28-26-24-22-20-18-16-14-12-10-8-6-4-2/h23,25,29-30,32,34,40,42,48,50,60-67,69,71-77H,3-22,24,26-28,31,33,35-39,41,43-47,49,51-59H2,1-2H3,(H,70,78)/b25-23-,30-29-,34-32+,42-40+,50-48+. The SMILES string of the molecule is CCCCCCCCCCC/C=C\C/C=C\CCCCCCCCCCCCCCC(O)C(=O)NC(COC1OC(CO)C(O)C(O)C1O)C(O)C(O)CCC/C=C/CC/C=C/CC/C=C/CCCCCCCCCCCCCC. The Morgan fingerprint density at radius 3 is 1.19 bits per heavy atom. The Hall–Kier alpha value is -2.19. The maximum absolute atomic E-state index is 13.2. The van der Waals surface area contributed by atoms with Gasteiger partial charge in [-0.15, -0.1) is 0 Å². The summed E-state index contributed by atoms with van der Waals surface area (Å²) >= 11 is 0. The van der Waals surface area contributed by atoms with E-state index in [4.69, 9.17) is 9.47 Å². The van der Waals surface area contributed by atoms with Crippen molar-refractivity contribution in [1.29, 1.82) is 0 Å². The molecule has 0 radical (unpaired) electrons. The molecule has 11 nitrogen and oxygen atoms in total. The highest BCUT2D eigenvalue weighted by atomic mass is 16.7. The largest absolute Gasteiger partial charge is 0.394 e. The van der Waals surface area contributed by atoms with Gasteiger partial charge in [0.2, 0.25) is 5.91 Å². The van der Waals surface area contributed by atoms with Crippen molar-refractivity contribution >= 4 is 5.91 Å². The molecule has 8 N–H and O–H groups in total. The van der Waals surface area contributed by atoms with Gasteiger partial charge in [-0.2, -0.15) is 0 Å².